The molecule has 156 valence electrons. The van der Waals surface area contributed by atoms with Gasteiger partial charge in [0.2, 0.25) is 0 Å². The van der Waals surface area contributed by atoms with Crippen molar-refractivity contribution in [2.75, 3.05) is 18.0 Å². The number of nitrogens with zero attached hydrogens (tertiary/aromatic N) is 2. The van der Waals surface area contributed by atoms with E-state index in [0.29, 0.717) is 5.03 Å². The molecule has 1 aromatic heterocycles. The van der Waals surface area contributed by atoms with E-state index < -0.39 is 10.8 Å². The summed E-state index contributed by atoms with van der Waals surface area (Å²) in [4.78, 5) is 7.62. The average molecular weight is 420 g/mol. The molecule has 3 aromatic rings. The second-order valence-corrected chi connectivity index (χ2v) is 9.74. The Morgan fingerprint density at radius 1 is 1.03 bits per heavy atom. The summed E-state index contributed by atoms with van der Waals surface area (Å²) in [5.41, 5.74) is 5.63. The third kappa shape index (κ3) is 3.80. The zero-order chi connectivity index (χ0) is 21.3. The SMILES string of the molecule is Cc1ccc2c(c1C)N(CCCNC(C)(C)c1ccccc1)c1cccnc1S2=O. The summed E-state index contributed by atoms with van der Waals surface area (Å²) in [7, 11) is -1.24. The van der Waals surface area contributed by atoms with Gasteiger partial charge >= 0.3 is 0 Å². The Bertz CT molecular complexity index is 1080. The molecule has 1 unspecified atom stereocenters. The maximum Gasteiger partial charge on any atom is 0.155 e. The number of pyridine rings is 1. The van der Waals surface area contributed by atoms with Gasteiger partial charge in [0.15, 0.2) is 5.03 Å². The number of hydrogen-bond donors (Lipinski definition) is 1. The van der Waals surface area contributed by atoms with E-state index in [-0.39, 0.29) is 5.54 Å². The molecule has 0 fully saturated rings. The van der Waals surface area contributed by atoms with Crippen LogP contribution in [0.4, 0.5) is 11.4 Å². The highest BCUT2D eigenvalue weighted by atomic mass is 32.2. The van der Waals surface area contributed by atoms with Gasteiger partial charge in [0.1, 0.15) is 10.8 Å². The van der Waals surface area contributed by atoms with E-state index in [2.05, 4.69) is 73.2 Å². The predicted molar refractivity (Wildman–Crippen MR) is 124 cm³/mol. The first-order chi connectivity index (χ1) is 14.4. The lowest BCUT2D eigenvalue weighted by atomic mass is 9.94. The molecule has 4 rings (SSSR count). The van der Waals surface area contributed by atoms with Gasteiger partial charge in [0.25, 0.3) is 0 Å². The summed E-state index contributed by atoms with van der Waals surface area (Å²) >= 11 is 0. The van der Waals surface area contributed by atoms with Gasteiger partial charge in [0, 0.05) is 18.3 Å². The second-order valence-electron chi connectivity index (χ2n) is 8.37. The minimum Gasteiger partial charge on any atom is -0.338 e. The first-order valence-electron chi connectivity index (χ1n) is 10.5. The molecule has 2 heterocycles. The molecule has 0 aliphatic carbocycles. The van der Waals surface area contributed by atoms with Crippen molar-refractivity contribution in [3.63, 3.8) is 0 Å². The van der Waals surface area contributed by atoms with Gasteiger partial charge in [-0.05, 0) is 75.5 Å². The third-order valence-electron chi connectivity index (χ3n) is 5.97. The van der Waals surface area contributed by atoms with Crippen molar-refractivity contribution in [2.45, 2.75) is 49.6 Å². The molecule has 30 heavy (non-hydrogen) atoms. The number of benzene rings is 2. The molecule has 0 spiro atoms. The lowest BCUT2D eigenvalue weighted by molar-refractivity contribution is 0.401. The highest BCUT2D eigenvalue weighted by Gasteiger charge is 2.30. The Morgan fingerprint density at radius 2 is 1.80 bits per heavy atom. The summed E-state index contributed by atoms with van der Waals surface area (Å²) in [6.45, 7) is 10.4. The fourth-order valence-electron chi connectivity index (χ4n) is 4.04. The van der Waals surface area contributed by atoms with Crippen LogP contribution in [0.15, 0.2) is 70.7 Å². The van der Waals surface area contributed by atoms with Gasteiger partial charge < -0.3 is 10.2 Å². The van der Waals surface area contributed by atoms with E-state index in [1.54, 1.807) is 6.20 Å². The quantitative estimate of drug-likeness (QED) is 0.556. The minimum absolute atomic E-state index is 0.0888. The first-order valence-corrected chi connectivity index (χ1v) is 11.6. The highest BCUT2D eigenvalue weighted by molar-refractivity contribution is 7.85. The minimum atomic E-state index is -1.24. The van der Waals surface area contributed by atoms with Crippen molar-refractivity contribution in [1.29, 1.82) is 0 Å². The number of rotatable bonds is 6. The summed E-state index contributed by atoms with van der Waals surface area (Å²) < 4.78 is 13.1. The number of hydrogen-bond acceptors (Lipinski definition) is 4. The molecule has 4 nitrogen and oxygen atoms in total. The van der Waals surface area contributed by atoms with E-state index in [1.165, 1.54) is 16.7 Å². The summed E-state index contributed by atoms with van der Waals surface area (Å²) in [6.07, 6.45) is 2.69. The second kappa shape index (κ2) is 8.32. The van der Waals surface area contributed by atoms with E-state index in [9.17, 15) is 4.21 Å². The summed E-state index contributed by atoms with van der Waals surface area (Å²) in [5.74, 6) is 0. The van der Waals surface area contributed by atoms with Crippen molar-refractivity contribution in [3.05, 3.63) is 77.5 Å². The molecular formula is C25H29N3OS. The number of anilines is 2. The molecule has 5 heteroatoms. The number of aryl methyl sites for hydroxylation is 1. The van der Waals surface area contributed by atoms with Crippen LogP contribution in [0.1, 0.15) is 37.0 Å². The van der Waals surface area contributed by atoms with Crippen LogP contribution in [0.2, 0.25) is 0 Å². The maximum atomic E-state index is 13.1. The highest BCUT2D eigenvalue weighted by Crippen LogP contribution is 2.43. The van der Waals surface area contributed by atoms with E-state index in [1.807, 2.05) is 24.3 Å². The maximum absolute atomic E-state index is 13.1. The molecule has 1 aliphatic heterocycles. The van der Waals surface area contributed by atoms with Crippen molar-refractivity contribution in [1.82, 2.24) is 10.3 Å². The molecular weight excluding hydrogens is 390 g/mol. The molecule has 1 aliphatic rings. The zero-order valence-corrected chi connectivity index (χ0v) is 18.9. The Balaban J connectivity index is 1.55. The van der Waals surface area contributed by atoms with Gasteiger partial charge in [-0.25, -0.2) is 9.19 Å². The van der Waals surface area contributed by atoms with Crippen LogP contribution in [-0.2, 0) is 16.3 Å². The van der Waals surface area contributed by atoms with Crippen LogP contribution in [-0.4, -0.2) is 22.3 Å². The Labute approximate surface area is 181 Å². The Hall–Kier alpha value is -2.50. The van der Waals surface area contributed by atoms with Crippen molar-refractivity contribution in [2.24, 2.45) is 0 Å². The van der Waals surface area contributed by atoms with E-state index in [4.69, 9.17) is 0 Å². The van der Waals surface area contributed by atoms with Gasteiger partial charge in [-0.15, -0.1) is 0 Å². The molecule has 1 atom stereocenters. The molecule has 2 aromatic carbocycles. The normalized spacial score (nSPS) is 15.6. The summed E-state index contributed by atoms with van der Waals surface area (Å²) in [5, 5.41) is 4.35. The monoisotopic (exact) mass is 419 g/mol. The van der Waals surface area contributed by atoms with Gasteiger partial charge in [-0.2, -0.15) is 0 Å². The fraction of sp³-hybridized carbons (Fsp3) is 0.320. The molecule has 0 amide bonds. The molecule has 0 saturated carbocycles. The fourth-order valence-corrected chi connectivity index (χ4v) is 5.41. The number of aromatic nitrogens is 1. The van der Waals surface area contributed by atoms with Crippen LogP contribution in [0.25, 0.3) is 0 Å². The van der Waals surface area contributed by atoms with Crippen molar-refractivity contribution >= 4 is 22.2 Å². The number of fused-ring (bicyclic) bond motifs is 2. The van der Waals surface area contributed by atoms with Crippen molar-refractivity contribution < 1.29 is 4.21 Å². The standard InChI is InChI=1S/C25H29N3OS/c1-18-13-14-22-23(19(18)2)28(21-12-8-15-26-24(21)30(22)29)17-9-16-27-25(3,4)20-10-6-5-7-11-20/h5-8,10-15,27H,9,16-17H2,1-4H3. The van der Waals surface area contributed by atoms with Gasteiger partial charge in [-0.1, -0.05) is 36.4 Å². The number of nitrogens with one attached hydrogen (secondary N) is 1. The lowest BCUT2D eigenvalue weighted by Crippen LogP contribution is -2.38. The Kier molecular flexibility index (Phi) is 5.76. The average Bonchev–Trinajstić information content (AvgIpc) is 2.76. The third-order valence-corrected chi connectivity index (χ3v) is 7.37. The predicted octanol–water partition coefficient (Wildman–Crippen LogP) is 5.23. The van der Waals surface area contributed by atoms with Crippen LogP contribution in [0, 0.1) is 13.8 Å². The van der Waals surface area contributed by atoms with E-state index >= 15 is 0 Å². The van der Waals surface area contributed by atoms with Gasteiger partial charge in [0.05, 0.1) is 16.3 Å². The van der Waals surface area contributed by atoms with Crippen LogP contribution < -0.4 is 10.2 Å². The smallest absolute Gasteiger partial charge is 0.155 e. The summed E-state index contributed by atoms with van der Waals surface area (Å²) in [6, 6.07) is 18.6. The molecule has 0 bridgehead atoms. The van der Waals surface area contributed by atoms with Crippen molar-refractivity contribution in [3.8, 4) is 0 Å². The van der Waals surface area contributed by atoms with Crippen LogP contribution in [0.3, 0.4) is 0 Å². The van der Waals surface area contributed by atoms with Gasteiger partial charge in [-0.3, -0.25) is 0 Å². The largest absolute Gasteiger partial charge is 0.338 e. The Morgan fingerprint density at radius 3 is 2.57 bits per heavy atom. The molecule has 1 N–H and O–H groups in total. The van der Waals surface area contributed by atoms with Crippen LogP contribution in [0.5, 0.6) is 0 Å². The van der Waals surface area contributed by atoms with Crippen LogP contribution >= 0.6 is 0 Å². The molecule has 0 radical (unpaired) electrons. The zero-order valence-electron chi connectivity index (χ0n) is 18.1. The first kappa shape index (κ1) is 20.8. The lowest BCUT2D eigenvalue weighted by Gasteiger charge is -2.34. The molecule has 0 saturated heterocycles. The van der Waals surface area contributed by atoms with E-state index in [0.717, 1.165) is 35.8 Å². The topological polar surface area (TPSA) is 45.2 Å².